The Hall–Kier alpha value is -1.99. The van der Waals surface area contributed by atoms with Gasteiger partial charge in [-0.05, 0) is 30.9 Å². The summed E-state index contributed by atoms with van der Waals surface area (Å²) in [7, 11) is 0. The van der Waals surface area contributed by atoms with Crippen molar-refractivity contribution in [3.8, 4) is 0 Å². The van der Waals surface area contributed by atoms with Crippen molar-refractivity contribution in [1.82, 2.24) is 9.97 Å². The van der Waals surface area contributed by atoms with Gasteiger partial charge in [0.25, 0.3) is 5.69 Å². The maximum atomic E-state index is 11.2. The van der Waals surface area contributed by atoms with E-state index in [-0.39, 0.29) is 10.6 Å². The Morgan fingerprint density at radius 3 is 2.95 bits per heavy atom. The van der Waals surface area contributed by atoms with Gasteiger partial charge in [0.15, 0.2) is 0 Å². The zero-order chi connectivity index (χ0) is 15.1. The van der Waals surface area contributed by atoms with E-state index in [1.54, 1.807) is 29.8 Å². The van der Waals surface area contributed by atoms with Crippen LogP contribution in [0.1, 0.15) is 16.9 Å². The molecule has 0 spiro atoms. The second kappa shape index (κ2) is 5.33. The molecule has 7 heteroatoms. The Balaban J connectivity index is 1.84. The highest BCUT2D eigenvalue weighted by atomic mass is 32.2. The van der Waals surface area contributed by atoms with Gasteiger partial charge in [0, 0.05) is 16.3 Å². The largest absolute Gasteiger partial charge is 0.283 e. The molecular weight excluding hydrogens is 318 g/mol. The highest BCUT2D eigenvalue weighted by molar-refractivity contribution is 7.99. The number of nitro groups is 1. The van der Waals surface area contributed by atoms with Gasteiger partial charge in [0.1, 0.15) is 16.2 Å². The fourth-order valence-corrected chi connectivity index (χ4v) is 5.09. The van der Waals surface area contributed by atoms with Crippen LogP contribution in [0.25, 0.3) is 10.2 Å². The zero-order valence-electron chi connectivity index (χ0n) is 11.5. The number of nitrogens with zero attached hydrogens (tertiary/aromatic N) is 3. The normalized spacial score (nSPS) is 13.5. The molecule has 0 amide bonds. The Labute approximate surface area is 134 Å². The van der Waals surface area contributed by atoms with Gasteiger partial charge in [0.05, 0.1) is 9.82 Å². The third-order valence-corrected chi connectivity index (χ3v) is 6.00. The fraction of sp³-hybridized carbons (Fsp3) is 0.200. The van der Waals surface area contributed by atoms with E-state index < -0.39 is 0 Å². The topological polar surface area (TPSA) is 68.9 Å². The minimum absolute atomic E-state index is 0.117. The van der Waals surface area contributed by atoms with E-state index in [1.807, 2.05) is 6.07 Å². The maximum absolute atomic E-state index is 11.2. The summed E-state index contributed by atoms with van der Waals surface area (Å²) in [5.74, 6) is 0. The van der Waals surface area contributed by atoms with Crippen molar-refractivity contribution >= 4 is 39.0 Å². The van der Waals surface area contributed by atoms with Crippen molar-refractivity contribution in [2.45, 2.75) is 29.2 Å². The van der Waals surface area contributed by atoms with Gasteiger partial charge in [-0.25, -0.2) is 9.97 Å². The average Bonchev–Trinajstić information content (AvgIpc) is 3.08. The van der Waals surface area contributed by atoms with Crippen LogP contribution in [-0.4, -0.2) is 14.9 Å². The first-order valence-electron chi connectivity index (χ1n) is 6.90. The molecule has 2 aromatic heterocycles. The van der Waals surface area contributed by atoms with Crippen molar-refractivity contribution in [1.29, 1.82) is 0 Å². The van der Waals surface area contributed by atoms with E-state index >= 15 is 0 Å². The molecule has 3 aromatic rings. The molecule has 0 bridgehead atoms. The molecule has 0 atom stereocenters. The van der Waals surface area contributed by atoms with Crippen LogP contribution in [-0.2, 0) is 12.8 Å². The lowest BCUT2D eigenvalue weighted by Gasteiger charge is -2.04. The van der Waals surface area contributed by atoms with Crippen LogP contribution in [0, 0.1) is 10.1 Å². The Morgan fingerprint density at radius 2 is 2.09 bits per heavy atom. The molecule has 1 aliphatic carbocycles. The number of rotatable bonds is 3. The summed E-state index contributed by atoms with van der Waals surface area (Å²) in [5.41, 5.74) is 1.45. The summed E-state index contributed by atoms with van der Waals surface area (Å²) in [6.45, 7) is 0. The molecule has 0 N–H and O–H groups in total. The molecule has 2 heterocycles. The van der Waals surface area contributed by atoms with Gasteiger partial charge in [-0.1, -0.05) is 23.9 Å². The summed E-state index contributed by atoms with van der Waals surface area (Å²) in [6.07, 6.45) is 4.87. The lowest BCUT2D eigenvalue weighted by molar-refractivity contribution is -0.387. The monoisotopic (exact) mass is 329 g/mol. The number of fused-ring (bicyclic) bond motifs is 3. The van der Waals surface area contributed by atoms with Crippen LogP contribution in [0.5, 0.6) is 0 Å². The lowest BCUT2D eigenvalue weighted by atomic mass is 10.2. The van der Waals surface area contributed by atoms with Crippen LogP contribution < -0.4 is 0 Å². The third kappa shape index (κ3) is 2.17. The van der Waals surface area contributed by atoms with E-state index in [9.17, 15) is 10.1 Å². The average molecular weight is 329 g/mol. The predicted molar refractivity (Wildman–Crippen MR) is 86.7 cm³/mol. The fourth-order valence-electron chi connectivity index (χ4n) is 2.78. The molecule has 0 unspecified atom stereocenters. The molecule has 0 saturated carbocycles. The van der Waals surface area contributed by atoms with Gasteiger partial charge >= 0.3 is 0 Å². The first-order chi connectivity index (χ1) is 10.7. The maximum Gasteiger partial charge on any atom is 0.283 e. The molecule has 1 aliphatic rings. The molecule has 0 saturated heterocycles. The van der Waals surface area contributed by atoms with Crippen LogP contribution >= 0.6 is 23.1 Å². The van der Waals surface area contributed by atoms with E-state index in [0.29, 0.717) is 4.90 Å². The lowest BCUT2D eigenvalue weighted by Crippen LogP contribution is -1.92. The number of benzene rings is 1. The van der Waals surface area contributed by atoms with Gasteiger partial charge in [-0.2, -0.15) is 0 Å². The number of aromatic nitrogens is 2. The molecule has 0 radical (unpaired) electrons. The van der Waals surface area contributed by atoms with Crippen molar-refractivity contribution in [3.05, 3.63) is 51.1 Å². The first kappa shape index (κ1) is 13.7. The highest BCUT2D eigenvalue weighted by Gasteiger charge is 2.23. The zero-order valence-corrected chi connectivity index (χ0v) is 13.1. The quantitative estimate of drug-likeness (QED) is 0.408. The van der Waals surface area contributed by atoms with Gasteiger partial charge < -0.3 is 0 Å². The second-order valence-electron chi connectivity index (χ2n) is 5.04. The minimum Gasteiger partial charge on any atom is -0.258 e. The van der Waals surface area contributed by atoms with Crippen LogP contribution in [0.2, 0.25) is 0 Å². The van der Waals surface area contributed by atoms with E-state index in [4.69, 9.17) is 0 Å². The molecule has 110 valence electrons. The standard InChI is InChI=1S/C15H11N3O2S2/c19-18(20)10-5-1-2-6-12(10)22-15-13-9-4-3-7-11(9)21-14(13)16-8-17-15/h1-2,5-6,8H,3-4,7H2. The number of thiophene rings is 1. The SMILES string of the molecule is O=[N+]([O-])c1ccccc1Sc1ncnc2sc3c(c12)CCC3. The highest BCUT2D eigenvalue weighted by Crippen LogP contribution is 2.43. The van der Waals surface area contributed by atoms with Gasteiger partial charge in [0.2, 0.25) is 0 Å². The molecule has 0 fully saturated rings. The summed E-state index contributed by atoms with van der Waals surface area (Å²) < 4.78 is 0. The number of para-hydroxylation sites is 1. The summed E-state index contributed by atoms with van der Waals surface area (Å²) in [5, 5.41) is 13.1. The smallest absolute Gasteiger partial charge is 0.258 e. The number of hydrogen-bond donors (Lipinski definition) is 0. The third-order valence-electron chi connectivity index (χ3n) is 3.74. The molecular formula is C15H11N3O2S2. The molecule has 5 nitrogen and oxygen atoms in total. The van der Waals surface area contributed by atoms with E-state index in [0.717, 1.165) is 28.1 Å². The minimum atomic E-state index is -0.348. The Morgan fingerprint density at radius 1 is 1.23 bits per heavy atom. The summed E-state index contributed by atoms with van der Waals surface area (Å²) >= 11 is 3.08. The summed E-state index contributed by atoms with van der Waals surface area (Å²) in [6, 6.07) is 6.79. The van der Waals surface area contributed by atoms with Crippen LogP contribution in [0.15, 0.2) is 40.5 Å². The van der Waals surface area contributed by atoms with Gasteiger partial charge in [-0.3, -0.25) is 10.1 Å². The second-order valence-corrected chi connectivity index (χ2v) is 7.16. The van der Waals surface area contributed by atoms with E-state index in [1.165, 1.54) is 34.7 Å². The van der Waals surface area contributed by atoms with Gasteiger partial charge in [-0.15, -0.1) is 11.3 Å². The predicted octanol–water partition coefficient (Wildman–Crippen LogP) is 4.24. The number of aryl methyl sites for hydroxylation is 2. The Bertz CT molecular complexity index is 892. The van der Waals surface area contributed by atoms with Crippen molar-refractivity contribution in [2.75, 3.05) is 0 Å². The molecule has 22 heavy (non-hydrogen) atoms. The van der Waals surface area contributed by atoms with Crippen LogP contribution in [0.4, 0.5) is 5.69 Å². The van der Waals surface area contributed by atoms with Crippen LogP contribution in [0.3, 0.4) is 0 Å². The number of nitro benzene ring substituents is 1. The van der Waals surface area contributed by atoms with Crippen molar-refractivity contribution in [3.63, 3.8) is 0 Å². The first-order valence-corrected chi connectivity index (χ1v) is 8.54. The van der Waals surface area contributed by atoms with Crippen molar-refractivity contribution < 1.29 is 4.92 Å². The molecule has 0 aliphatic heterocycles. The van der Waals surface area contributed by atoms with E-state index in [2.05, 4.69) is 9.97 Å². The molecule has 1 aromatic carbocycles. The van der Waals surface area contributed by atoms with Crippen molar-refractivity contribution in [2.24, 2.45) is 0 Å². The summed E-state index contributed by atoms with van der Waals surface area (Å²) in [4.78, 5) is 22.6. The molecule has 4 rings (SSSR count). The Kier molecular flexibility index (Phi) is 3.31. The number of hydrogen-bond acceptors (Lipinski definition) is 6.